The Morgan fingerprint density at radius 1 is 1.22 bits per heavy atom. The van der Waals surface area contributed by atoms with Crippen LogP contribution in [0.1, 0.15) is 27.2 Å². The molecule has 0 bridgehead atoms. The van der Waals surface area contributed by atoms with E-state index in [1.54, 1.807) is 11.3 Å². The van der Waals surface area contributed by atoms with Gasteiger partial charge >= 0.3 is 0 Å². The highest BCUT2D eigenvalue weighted by Gasteiger charge is 2.21. The third-order valence-corrected chi connectivity index (χ3v) is 4.76. The second-order valence-corrected chi connectivity index (χ2v) is 6.18. The Bertz CT molecular complexity index is 639. The highest BCUT2D eigenvalue weighted by molar-refractivity contribution is 9.10. The second kappa shape index (κ2) is 4.82. The van der Waals surface area contributed by atoms with Crippen molar-refractivity contribution in [1.82, 2.24) is 0 Å². The quantitative estimate of drug-likeness (QED) is 0.695. The Balaban J connectivity index is 1.98. The van der Waals surface area contributed by atoms with Crippen LogP contribution in [0.4, 0.5) is 0 Å². The maximum Gasteiger partial charge on any atom is 0.189 e. The van der Waals surface area contributed by atoms with E-state index in [-0.39, 0.29) is 5.78 Å². The number of halogens is 1. The smallest absolute Gasteiger partial charge is 0.189 e. The SMILES string of the molecule is O=C1C(=Cc2cc(Br)cs2)CCc2ccccc21. The number of carbonyl (C=O) groups excluding carboxylic acids is 1. The van der Waals surface area contributed by atoms with Gasteiger partial charge in [-0.25, -0.2) is 0 Å². The van der Waals surface area contributed by atoms with Crippen LogP contribution in [-0.4, -0.2) is 5.78 Å². The summed E-state index contributed by atoms with van der Waals surface area (Å²) >= 11 is 5.09. The molecule has 1 aromatic heterocycles. The van der Waals surface area contributed by atoms with Gasteiger partial charge in [-0.2, -0.15) is 0 Å². The van der Waals surface area contributed by atoms with E-state index < -0.39 is 0 Å². The summed E-state index contributed by atoms with van der Waals surface area (Å²) in [5, 5.41) is 2.04. The normalized spacial score (nSPS) is 16.9. The van der Waals surface area contributed by atoms with E-state index in [9.17, 15) is 4.79 Å². The van der Waals surface area contributed by atoms with E-state index in [1.165, 1.54) is 5.56 Å². The van der Waals surface area contributed by atoms with Crippen molar-refractivity contribution in [2.75, 3.05) is 0 Å². The number of hydrogen-bond donors (Lipinski definition) is 0. The molecule has 3 rings (SSSR count). The average Bonchev–Trinajstić information content (AvgIpc) is 2.79. The first-order valence-electron chi connectivity index (χ1n) is 5.81. The number of Topliss-reactive ketones (excluding diaryl/α,β-unsaturated/α-hetero) is 1. The monoisotopic (exact) mass is 318 g/mol. The number of fused-ring (bicyclic) bond motifs is 1. The van der Waals surface area contributed by atoms with Crippen LogP contribution in [0.5, 0.6) is 0 Å². The van der Waals surface area contributed by atoms with Crippen molar-refractivity contribution in [2.45, 2.75) is 12.8 Å². The zero-order valence-electron chi connectivity index (χ0n) is 9.65. The Morgan fingerprint density at radius 3 is 2.83 bits per heavy atom. The predicted molar refractivity (Wildman–Crippen MR) is 79.1 cm³/mol. The van der Waals surface area contributed by atoms with Gasteiger partial charge in [-0.1, -0.05) is 24.3 Å². The van der Waals surface area contributed by atoms with Crippen LogP contribution in [0.3, 0.4) is 0 Å². The summed E-state index contributed by atoms with van der Waals surface area (Å²) < 4.78 is 1.07. The van der Waals surface area contributed by atoms with Gasteiger partial charge < -0.3 is 0 Å². The van der Waals surface area contributed by atoms with Gasteiger partial charge in [0.15, 0.2) is 5.78 Å². The number of aryl methyl sites for hydroxylation is 1. The number of hydrogen-bond acceptors (Lipinski definition) is 2. The largest absolute Gasteiger partial charge is 0.289 e. The van der Waals surface area contributed by atoms with E-state index in [2.05, 4.69) is 15.9 Å². The number of ketones is 1. The van der Waals surface area contributed by atoms with Crippen LogP contribution in [0.2, 0.25) is 0 Å². The van der Waals surface area contributed by atoms with Crippen LogP contribution in [0.15, 0.2) is 45.8 Å². The Hall–Kier alpha value is -1.19. The van der Waals surface area contributed by atoms with Gasteiger partial charge in [0, 0.05) is 25.9 Å². The number of thiophene rings is 1. The van der Waals surface area contributed by atoms with Crippen molar-refractivity contribution in [2.24, 2.45) is 0 Å². The molecule has 1 aromatic carbocycles. The Morgan fingerprint density at radius 2 is 2.06 bits per heavy atom. The van der Waals surface area contributed by atoms with Crippen LogP contribution in [0, 0.1) is 0 Å². The molecule has 0 unspecified atom stereocenters. The van der Waals surface area contributed by atoms with Gasteiger partial charge in [-0.3, -0.25) is 4.79 Å². The van der Waals surface area contributed by atoms with Crippen LogP contribution >= 0.6 is 27.3 Å². The molecule has 1 heterocycles. The van der Waals surface area contributed by atoms with Crippen LogP contribution in [-0.2, 0) is 6.42 Å². The van der Waals surface area contributed by atoms with Gasteiger partial charge in [0.2, 0.25) is 0 Å². The lowest BCUT2D eigenvalue weighted by molar-refractivity contribution is 0.102. The molecule has 90 valence electrons. The number of carbonyl (C=O) groups is 1. The summed E-state index contributed by atoms with van der Waals surface area (Å²) in [5.74, 6) is 0.182. The number of rotatable bonds is 1. The molecule has 0 radical (unpaired) electrons. The summed E-state index contributed by atoms with van der Waals surface area (Å²) in [4.78, 5) is 13.5. The zero-order chi connectivity index (χ0) is 12.5. The van der Waals surface area contributed by atoms with Crippen molar-refractivity contribution in [1.29, 1.82) is 0 Å². The summed E-state index contributed by atoms with van der Waals surface area (Å²) in [6.07, 6.45) is 3.82. The Kier molecular flexibility index (Phi) is 3.18. The maximum atomic E-state index is 12.4. The minimum absolute atomic E-state index is 0.182. The molecule has 0 spiro atoms. The molecule has 0 fully saturated rings. The van der Waals surface area contributed by atoms with Crippen molar-refractivity contribution >= 4 is 39.1 Å². The highest BCUT2D eigenvalue weighted by Crippen LogP contribution is 2.28. The van der Waals surface area contributed by atoms with Gasteiger partial charge in [0.05, 0.1) is 0 Å². The molecule has 1 aliphatic carbocycles. The van der Waals surface area contributed by atoms with Gasteiger partial charge in [0.25, 0.3) is 0 Å². The topological polar surface area (TPSA) is 17.1 Å². The van der Waals surface area contributed by atoms with Gasteiger partial charge in [-0.15, -0.1) is 11.3 Å². The maximum absolute atomic E-state index is 12.4. The lowest BCUT2D eigenvalue weighted by Gasteiger charge is -2.16. The van der Waals surface area contributed by atoms with E-state index in [0.717, 1.165) is 33.3 Å². The molecular weight excluding hydrogens is 308 g/mol. The summed E-state index contributed by atoms with van der Waals surface area (Å²) in [6.45, 7) is 0. The van der Waals surface area contributed by atoms with E-state index >= 15 is 0 Å². The molecule has 1 aliphatic rings. The third-order valence-electron chi connectivity index (χ3n) is 3.12. The molecule has 0 amide bonds. The molecule has 2 aromatic rings. The molecule has 1 nitrogen and oxygen atoms in total. The van der Waals surface area contributed by atoms with Crippen molar-refractivity contribution < 1.29 is 4.79 Å². The fourth-order valence-electron chi connectivity index (χ4n) is 2.23. The van der Waals surface area contributed by atoms with Crippen LogP contribution < -0.4 is 0 Å². The molecule has 0 saturated carbocycles. The first-order valence-corrected chi connectivity index (χ1v) is 7.48. The second-order valence-electron chi connectivity index (χ2n) is 4.32. The van der Waals surface area contributed by atoms with Crippen molar-refractivity contribution in [3.8, 4) is 0 Å². The minimum Gasteiger partial charge on any atom is -0.289 e. The van der Waals surface area contributed by atoms with Gasteiger partial charge in [0.1, 0.15) is 0 Å². The van der Waals surface area contributed by atoms with E-state index in [1.807, 2.05) is 41.8 Å². The molecule has 3 heteroatoms. The standard InChI is InChI=1S/C15H11BrOS/c16-12-8-13(18-9-12)7-11-6-5-10-3-1-2-4-14(10)15(11)17/h1-4,7-9H,5-6H2. The molecular formula is C15H11BrOS. The summed E-state index contributed by atoms with van der Waals surface area (Å²) in [5.41, 5.74) is 2.96. The highest BCUT2D eigenvalue weighted by atomic mass is 79.9. The summed E-state index contributed by atoms with van der Waals surface area (Å²) in [6, 6.07) is 9.95. The first kappa shape index (κ1) is 11.9. The number of allylic oxidation sites excluding steroid dienone is 1. The first-order chi connectivity index (χ1) is 8.74. The molecule has 0 atom stereocenters. The fraction of sp³-hybridized carbons (Fsp3) is 0.133. The third kappa shape index (κ3) is 2.20. The molecule has 0 aliphatic heterocycles. The Labute approximate surface area is 118 Å². The van der Waals surface area contributed by atoms with Crippen molar-refractivity contribution in [3.63, 3.8) is 0 Å². The molecule has 0 saturated heterocycles. The fourth-order valence-corrected chi connectivity index (χ4v) is 3.63. The van der Waals surface area contributed by atoms with Crippen LogP contribution in [0.25, 0.3) is 6.08 Å². The summed E-state index contributed by atoms with van der Waals surface area (Å²) in [7, 11) is 0. The number of benzene rings is 1. The van der Waals surface area contributed by atoms with Gasteiger partial charge in [-0.05, 0) is 46.5 Å². The van der Waals surface area contributed by atoms with E-state index in [0.29, 0.717) is 0 Å². The zero-order valence-corrected chi connectivity index (χ0v) is 12.1. The average molecular weight is 319 g/mol. The van der Waals surface area contributed by atoms with E-state index in [4.69, 9.17) is 0 Å². The minimum atomic E-state index is 0.182. The lowest BCUT2D eigenvalue weighted by Crippen LogP contribution is -2.13. The molecule has 0 N–H and O–H groups in total. The lowest BCUT2D eigenvalue weighted by atomic mass is 9.86. The predicted octanol–water partition coefficient (Wildman–Crippen LogP) is 4.72. The van der Waals surface area contributed by atoms with Crippen molar-refractivity contribution in [3.05, 3.63) is 61.8 Å². The molecule has 18 heavy (non-hydrogen) atoms.